The topological polar surface area (TPSA) is 83.6 Å². The molecule has 0 unspecified atom stereocenters. The smallest absolute Gasteiger partial charge is 0.326 e. The maximum Gasteiger partial charge on any atom is 0.326 e. The molecule has 0 bridgehead atoms. The third kappa shape index (κ3) is 2.93. The zero-order chi connectivity index (χ0) is 13.8. The molecule has 19 heavy (non-hydrogen) atoms. The Balaban J connectivity index is 2.15. The minimum Gasteiger partial charge on any atom is -0.480 e. The van der Waals surface area contributed by atoms with Gasteiger partial charge in [-0.15, -0.1) is 0 Å². The van der Waals surface area contributed by atoms with Gasteiger partial charge in [0.25, 0.3) is 0 Å². The van der Waals surface area contributed by atoms with Gasteiger partial charge in [-0.2, -0.15) is 0 Å². The predicted molar refractivity (Wildman–Crippen MR) is 70.4 cm³/mol. The number of rotatable bonds is 3. The Morgan fingerprint density at radius 3 is 2.58 bits per heavy atom. The van der Waals surface area contributed by atoms with Crippen molar-refractivity contribution in [1.82, 2.24) is 4.90 Å². The number of carboxylic acids is 1. The van der Waals surface area contributed by atoms with E-state index in [4.69, 9.17) is 5.73 Å². The minimum absolute atomic E-state index is 0.307. The Hall–Kier alpha value is -1.88. The zero-order valence-corrected chi connectivity index (χ0v) is 10.7. The molecule has 5 heteroatoms. The minimum atomic E-state index is -0.951. The fourth-order valence-electron chi connectivity index (χ4n) is 2.43. The molecule has 0 aromatic heterocycles. The Bertz CT molecular complexity index is 461. The standard InChI is InChI=1S/C14H18N2O3/c15-12(10-6-2-1-3-7-10)13(17)16-9-5-4-8-11(16)14(18)19/h1-3,6-7,11-12H,4-5,8-9,15H2,(H,18,19)/t11-,12+/m0/s1. The average Bonchev–Trinajstić information content (AvgIpc) is 2.46. The molecule has 1 aromatic rings. The SMILES string of the molecule is N[C@@H](C(=O)N1CCCC[C@H]1C(=O)O)c1ccccc1. The van der Waals surface area contributed by atoms with Crippen LogP contribution in [0.1, 0.15) is 30.9 Å². The third-order valence-corrected chi connectivity index (χ3v) is 3.50. The lowest BCUT2D eigenvalue weighted by atomic mass is 9.99. The number of aliphatic carboxylic acids is 1. The summed E-state index contributed by atoms with van der Waals surface area (Å²) in [5.74, 6) is -1.26. The molecular formula is C14H18N2O3. The van der Waals surface area contributed by atoms with Crippen LogP contribution in [0.2, 0.25) is 0 Å². The fraction of sp³-hybridized carbons (Fsp3) is 0.429. The van der Waals surface area contributed by atoms with Gasteiger partial charge in [-0.05, 0) is 24.8 Å². The molecular weight excluding hydrogens is 244 g/mol. The van der Waals surface area contributed by atoms with Crippen molar-refractivity contribution in [1.29, 1.82) is 0 Å². The van der Waals surface area contributed by atoms with Crippen molar-refractivity contribution >= 4 is 11.9 Å². The number of benzene rings is 1. The summed E-state index contributed by atoms with van der Waals surface area (Å²) in [6.07, 6.45) is 2.17. The molecule has 1 fully saturated rings. The van der Waals surface area contributed by atoms with Crippen LogP contribution in [-0.4, -0.2) is 34.5 Å². The van der Waals surface area contributed by atoms with Gasteiger partial charge in [0.05, 0.1) is 0 Å². The van der Waals surface area contributed by atoms with Gasteiger partial charge in [0.15, 0.2) is 0 Å². The number of hydrogen-bond donors (Lipinski definition) is 2. The molecule has 1 aromatic carbocycles. The van der Waals surface area contributed by atoms with Crippen LogP contribution in [0.4, 0.5) is 0 Å². The lowest BCUT2D eigenvalue weighted by molar-refractivity contribution is -0.152. The summed E-state index contributed by atoms with van der Waals surface area (Å²) in [6.45, 7) is 0.469. The fourth-order valence-corrected chi connectivity index (χ4v) is 2.43. The first-order valence-corrected chi connectivity index (χ1v) is 6.45. The molecule has 1 saturated heterocycles. The molecule has 1 aliphatic rings. The molecule has 0 radical (unpaired) electrons. The molecule has 0 saturated carbocycles. The highest BCUT2D eigenvalue weighted by Crippen LogP contribution is 2.21. The second-order valence-electron chi connectivity index (χ2n) is 4.77. The van der Waals surface area contributed by atoms with Crippen LogP contribution >= 0.6 is 0 Å². The molecule has 0 spiro atoms. The quantitative estimate of drug-likeness (QED) is 0.856. The number of carboxylic acid groups (broad SMARTS) is 1. The van der Waals surface area contributed by atoms with E-state index in [-0.39, 0.29) is 5.91 Å². The van der Waals surface area contributed by atoms with Crippen molar-refractivity contribution in [3.8, 4) is 0 Å². The highest BCUT2D eigenvalue weighted by atomic mass is 16.4. The average molecular weight is 262 g/mol. The van der Waals surface area contributed by atoms with Crippen LogP contribution in [0.5, 0.6) is 0 Å². The summed E-state index contributed by atoms with van der Waals surface area (Å²) in [5, 5.41) is 9.18. The van der Waals surface area contributed by atoms with Crippen LogP contribution in [0, 0.1) is 0 Å². The Morgan fingerprint density at radius 2 is 1.95 bits per heavy atom. The Labute approximate surface area is 112 Å². The van der Waals surface area contributed by atoms with E-state index in [1.807, 2.05) is 18.2 Å². The van der Waals surface area contributed by atoms with Crippen LogP contribution in [0.25, 0.3) is 0 Å². The maximum absolute atomic E-state index is 12.4. The van der Waals surface area contributed by atoms with Gasteiger partial charge in [0.2, 0.25) is 5.91 Å². The van der Waals surface area contributed by atoms with Crippen LogP contribution in [-0.2, 0) is 9.59 Å². The molecule has 2 atom stereocenters. The van der Waals surface area contributed by atoms with Gasteiger partial charge in [0, 0.05) is 6.54 Å². The number of amides is 1. The van der Waals surface area contributed by atoms with E-state index in [0.717, 1.165) is 12.8 Å². The molecule has 5 nitrogen and oxygen atoms in total. The van der Waals surface area contributed by atoms with E-state index in [0.29, 0.717) is 18.5 Å². The number of carbonyl (C=O) groups is 2. The van der Waals surface area contributed by atoms with Crippen molar-refractivity contribution in [2.45, 2.75) is 31.3 Å². The monoisotopic (exact) mass is 262 g/mol. The molecule has 102 valence electrons. The van der Waals surface area contributed by atoms with E-state index in [1.165, 1.54) is 4.90 Å². The second-order valence-corrected chi connectivity index (χ2v) is 4.77. The van der Waals surface area contributed by atoms with Gasteiger partial charge in [-0.3, -0.25) is 4.79 Å². The Kier molecular flexibility index (Phi) is 4.16. The Morgan fingerprint density at radius 1 is 1.26 bits per heavy atom. The van der Waals surface area contributed by atoms with Gasteiger partial charge in [-0.1, -0.05) is 30.3 Å². The number of nitrogens with zero attached hydrogens (tertiary/aromatic N) is 1. The first kappa shape index (κ1) is 13.5. The molecule has 1 amide bonds. The van der Waals surface area contributed by atoms with Gasteiger partial charge in [-0.25, -0.2) is 4.79 Å². The van der Waals surface area contributed by atoms with Crippen molar-refractivity contribution in [3.05, 3.63) is 35.9 Å². The van der Waals surface area contributed by atoms with Gasteiger partial charge >= 0.3 is 5.97 Å². The van der Waals surface area contributed by atoms with E-state index >= 15 is 0 Å². The normalized spacial score (nSPS) is 20.9. The summed E-state index contributed by atoms with van der Waals surface area (Å²) >= 11 is 0. The summed E-state index contributed by atoms with van der Waals surface area (Å²) in [4.78, 5) is 25.0. The van der Waals surface area contributed by atoms with E-state index < -0.39 is 18.1 Å². The lowest BCUT2D eigenvalue weighted by Gasteiger charge is -2.34. The second kappa shape index (κ2) is 5.84. The molecule has 2 rings (SSSR count). The van der Waals surface area contributed by atoms with Crippen LogP contribution in [0.15, 0.2) is 30.3 Å². The lowest BCUT2D eigenvalue weighted by Crippen LogP contribution is -2.50. The predicted octanol–water partition coefficient (Wildman–Crippen LogP) is 1.15. The van der Waals surface area contributed by atoms with E-state index in [2.05, 4.69) is 0 Å². The first-order valence-electron chi connectivity index (χ1n) is 6.45. The highest BCUT2D eigenvalue weighted by Gasteiger charge is 2.34. The van der Waals surface area contributed by atoms with Gasteiger partial charge in [0.1, 0.15) is 12.1 Å². The summed E-state index contributed by atoms with van der Waals surface area (Å²) in [5.41, 5.74) is 6.66. The van der Waals surface area contributed by atoms with E-state index in [1.54, 1.807) is 12.1 Å². The van der Waals surface area contributed by atoms with Crippen LogP contribution < -0.4 is 5.73 Å². The number of likely N-dealkylation sites (tertiary alicyclic amines) is 1. The maximum atomic E-state index is 12.4. The van der Waals surface area contributed by atoms with Crippen molar-refractivity contribution in [2.24, 2.45) is 5.73 Å². The molecule has 0 aliphatic carbocycles. The molecule has 3 N–H and O–H groups in total. The summed E-state index contributed by atoms with van der Waals surface area (Å²) in [7, 11) is 0. The van der Waals surface area contributed by atoms with E-state index in [9.17, 15) is 14.7 Å². The summed E-state index contributed by atoms with van der Waals surface area (Å²) < 4.78 is 0. The van der Waals surface area contributed by atoms with Crippen molar-refractivity contribution in [3.63, 3.8) is 0 Å². The summed E-state index contributed by atoms with van der Waals surface area (Å²) in [6, 6.07) is 7.50. The highest BCUT2D eigenvalue weighted by molar-refractivity contribution is 5.87. The number of piperidine rings is 1. The number of nitrogens with two attached hydrogens (primary N) is 1. The van der Waals surface area contributed by atoms with Gasteiger partial charge < -0.3 is 15.7 Å². The largest absolute Gasteiger partial charge is 0.480 e. The molecule has 1 heterocycles. The zero-order valence-electron chi connectivity index (χ0n) is 10.7. The first-order chi connectivity index (χ1) is 9.11. The third-order valence-electron chi connectivity index (χ3n) is 3.50. The number of hydrogen-bond acceptors (Lipinski definition) is 3. The van der Waals surface area contributed by atoms with Crippen molar-refractivity contribution < 1.29 is 14.7 Å². The van der Waals surface area contributed by atoms with Crippen LogP contribution in [0.3, 0.4) is 0 Å². The molecule has 1 aliphatic heterocycles. The van der Waals surface area contributed by atoms with Crippen molar-refractivity contribution in [2.75, 3.05) is 6.54 Å². The number of carbonyl (C=O) groups excluding carboxylic acids is 1.